The number of nitrogens with two attached hydrogens (primary N) is 1. The molecule has 2 amide bonds. The van der Waals surface area contributed by atoms with Crippen LogP contribution in [-0.2, 0) is 4.79 Å². The molecule has 0 aromatic heterocycles. The predicted molar refractivity (Wildman–Crippen MR) is 59.1 cm³/mol. The number of carbonyl (C=O) groups is 2. The van der Waals surface area contributed by atoms with Gasteiger partial charge in [-0.05, 0) is 31.2 Å². The highest BCUT2D eigenvalue weighted by Crippen LogP contribution is 2.11. The SMILES string of the molecule is CCNC(=O)c1ccc(OCC(N)=O)cc1. The Kier molecular flexibility index (Phi) is 4.32. The fraction of sp³-hybridized carbons (Fsp3) is 0.273. The Labute approximate surface area is 93.6 Å². The van der Waals surface area contributed by atoms with Crippen molar-refractivity contribution in [3.8, 4) is 5.75 Å². The summed E-state index contributed by atoms with van der Waals surface area (Å²) in [7, 11) is 0. The van der Waals surface area contributed by atoms with Crippen molar-refractivity contribution in [2.24, 2.45) is 5.73 Å². The zero-order valence-corrected chi connectivity index (χ0v) is 9.03. The molecule has 86 valence electrons. The van der Waals surface area contributed by atoms with Gasteiger partial charge in [-0.25, -0.2) is 0 Å². The summed E-state index contributed by atoms with van der Waals surface area (Å²) in [6.45, 7) is 2.27. The minimum atomic E-state index is -0.534. The fourth-order valence-corrected chi connectivity index (χ4v) is 1.12. The number of carbonyl (C=O) groups excluding carboxylic acids is 2. The third-order valence-corrected chi connectivity index (χ3v) is 1.83. The minimum Gasteiger partial charge on any atom is -0.484 e. The Morgan fingerprint density at radius 1 is 1.31 bits per heavy atom. The fourth-order valence-electron chi connectivity index (χ4n) is 1.12. The number of benzene rings is 1. The van der Waals surface area contributed by atoms with E-state index in [0.29, 0.717) is 17.9 Å². The van der Waals surface area contributed by atoms with Gasteiger partial charge in [0.15, 0.2) is 6.61 Å². The van der Waals surface area contributed by atoms with Gasteiger partial charge in [0.25, 0.3) is 11.8 Å². The van der Waals surface area contributed by atoms with E-state index >= 15 is 0 Å². The van der Waals surface area contributed by atoms with Crippen molar-refractivity contribution in [3.05, 3.63) is 29.8 Å². The van der Waals surface area contributed by atoms with Crippen molar-refractivity contribution in [1.82, 2.24) is 5.32 Å². The predicted octanol–water partition coefficient (Wildman–Crippen LogP) is 0.300. The maximum absolute atomic E-state index is 11.4. The third kappa shape index (κ3) is 3.61. The Morgan fingerprint density at radius 2 is 1.94 bits per heavy atom. The number of hydrogen-bond acceptors (Lipinski definition) is 3. The first-order valence-electron chi connectivity index (χ1n) is 4.93. The number of hydrogen-bond donors (Lipinski definition) is 2. The van der Waals surface area contributed by atoms with Crippen LogP contribution in [0.5, 0.6) is 5.75 Å². The van der Waals surface area contributed by atoms with Crippen LogP contribution in [0.4, 0.5) is 0 Å². The monoisotopic (exact) mass is 222 g/mol. The topological polar surface area (TPSA) is 81.4 Å². The Morgan fingerprint density at radius 3 is 2.44 bits per heavy atom. The second-order valence-electron chi connectivity index (χ2n) is 3.14. The second kappa shape index (κ2) is 5.75. The lowest BCUT2D eigenvalue weighted by atomic mass is 10.2. The number of primary amides is 1. The molecule has 5 nitrogen and oxygen atoms in total. The summed E-state index contributed by atoms with van der Waals surface area (Å²) in [4.78, 5) is 21.9. The van der Waals surface area contributed by atoms with Gasteiger partial charge in [-0.1, -0.05) is 0 Å². The van der Waals surface area contributed by atoms with Gasteiger partial charge < -0.3 is 15.8 Å². The summed E-state index contributed by atoms with van der Waals surface area (Å²) in [6, 6.07) is 6.49. The van der Waals surface area contributed by atoms with Crippen LogP contribution in [0.3, 0.4) is 0 Å². The molecule has 0 aliphatic rings. The molecule has 0 atom stereocenters. The third-order valence-electron chi connectivity index (χ3n) is 1.83. The molecule has 0 aliphatic carbocycles. The number of rotatable bonds is 5. The van der Waals surface area contributed by atoms with Crippen molar-refractivity contribution >= 4 is 11.8 Å². The molecule has 0 radical (unpaired) electrons. The normalized spacial score (nSPS) is 9.56. The standard InChI is InChI=1S/C11H14N2O3/c1-2-13-11(15)8-3-5-9(6-4-8)16-7-10(12)14/h3-6H,2,7H2,1H3,(H2,12,14)(H,13,15). The van der Waals surface area contributed by atoms with Gasteiger partial charge in [0, 0.05) is 12.1 Å². The quantitative estimate of drug-likeness (QED) is 0.751. The molecular formula is C11H14N2O3. The molecule has 0 aliphatic heterocycles. The first-order chi connectivity index (χ1) is 7.63. The maximum Gasteiger partial charge on any atom is 0.255 e. The van der Waals surface area contributed by atoms with Crippen LogP contribution in [-0.4, -0.2) is 25.0 Å². The van der Waals surface area contributed by atoms with Crippen molar-refractivity contribution in [2.45, 2.75) is 6.92 Å². The number of ether oxygens (including phenoxy) is 1. The summed E-state index contributed by atoms with van der Waals surface area (Å²) >= 11 is 0. The van der Waals surface area contributed by atoms with Gasteiger partial charge in [-0.15, -0.1) is 0 Å². The summed E-state index contributed by atoms with van der Waals surface area (Å²) < 4.78 is 5.06. The Bertz CT molecular complexity index is 373. The molecule has 0 fully saturated rings. The summed E-state index contributed by atoms with van der Waals surface area (Å²) in [5.41, 5.74) is 5.48. The van der Waals surface area contributed by atoms with Crippen LogP contribution < -0.4 is 15.8 Å². The molecule has 0 spiro atoms. The molecule has 0 unspecified atom stereocenters. The first kappa shape index (κ1) is 12.0. The van der Waals surface area contributed by atoms with Gasteiger partial charge in [0.2, 0.25) is 0 Å². The number of amides is 2. The lowest BCUT2D eigenvalue weighted by molar-refractivity contribution is -0.119. The van der Waals surface area contributed by atoms with E-state index in [1.165, 1.54) is 0 Å². The van der Waals surface area contributed by atoms with E-state index < -0.39 is 5.91 Å². The second-order valence-corrected chi connectivity index (χ2v) is 3.14. The molecular weight excluding hydrogens is 208 g/mol. The Hall–Kier alpha value is -2.04. The Balaban J connectivity index is 2.60. The van der Waals surface area contributed by atoms with Crippen molar-refractivity contribution in [1.29, 1.82) is 0 Å². The van der Waals surface area contributed by atoms with Crippen LogP contribution in [0.2, 0.25) is 0 Å². The van der Waals surface area contributed by atoms with E-state index in [-0.39, 0.29) is 12.5 Å². The molecule has 5 heteroatoms. The van der Waals surface area contributed by atoms with Gasteiger partial charge in [0.05, 0.1) is 0 Å². The van der Waals surface area contributed by atoms with E-state index in [1.807, 2.05) is 6.92 Å². The van der Waals surface area contributed by atoms with Gasteiger partial charge in [0.1, 0.15) is 5.75 Å². The van der Waals surface area contributed by atoms with Gasteiger partial charge in [-0.2, -0.15) is 0 Å². The van der Waals surface area contributed by atoms with Crippen molar-refractivity contribution in [2.75, 3.05) is 13.2 Å². The summed E-state index contributed by atoms with van der Waals surface area (Å²) in [5.74, 6) is -0.163. The van der Waals surface area contributed by atoms with E-state index in [0.717, 1.165) is 0 Å². The molecule has 0 saturated heterocycles. The molecule has 0 bridgehead atoms. The lowest BCUT2D eigenvalue weighted by Crippen LogP contribution is -2.22. The minimum absolute atomic E-state index is 0.135. The molecule has 0 heterocycles. The molecule has 3 N–H and O–H groups in total. The molecule has 0 saturated carbocycles. The molecule has 1 rings (SSSR count). The van der Waals surface area contributed by atoms with Crippen LogP contribution in [0.1, 0.15) is 17.3 Å². The van der Waals surface area contributed by atoms with Crippen LogP contribution in [0.15, 0.2) is 24.3 Å². The lowest BCUT2D eigenvalue weighted by Gasteiger charge is -2.05. The largest absolute Gasteiger partial charge is 0.484 e. The first-order valence-corrected chi connectivity index (χ1v) is 4.93. The maximum atomic E-state index is 11.4. The van der Waals surface area contributed by atoms with Crippen LogP contribution >= 0.6 is 0 Å². The average molecular weight is 222 g/mol. The smallest absolute Gasteiger partial charge is 0.255 e. The van der Waals surface area contributed by atoms with Crippen LogP contribution in [0.25, 0.3) is 0 Å². The van der Waals surface area contributed by atoms with E-state index in [1.54, 1.807) is 24.3 Å². The highest BCUT2D eigenvalue weighted by atomic mass is 16.5. The zero-order chi connectivity index (χ0) is 12.0. The summed E-state index contributed by atoms with van der Waals surface area (Å²) in [5, 5.41) is 2.68. The molecule has 16 heavy (non-hydrogen) atoms. The highest BCUT2D eigenvalue weighted by Gasteiger charge is 2.04. The van der Waals surface area contributed by atoms with Crippen molar-refractivity contribution < 1.29 is 14.3 Å². The van der Waals surface area contributed by atoms with Crippen molar-refractivity contribution in [3.63, 3.8) is 0 Å². The molecule has 1 aromatic carbocycles. The van der Waals surface area contributed by atoms with Gasteiger partial charge in [-0.3, -0.25) is 9.59 Å². The summed E-state index contributed by atoms with van der Waals surface area (Å²) in [6.07, 6.45) is 0. The van der Waals surface area contributed by atoms with Crippen LogP contribution in [0, 0.1) is 0 Å². The average Bonchev–Trinajstić information content (AvgIpc) is 2.27. The number of nitrogens with one attached hydrogen (secondary N) is 1. The van der Waals surface area contributed by atoms with E-state index in [4.69, 9.17) is 10.5 Å². The molecule has 1 aromatic rings. The zero-order valence-electron chi connectivity index (χ0n) is 9.03. The van der Waals surface area contributed by atoms with E-state index in [9.17, 15) is 9.59 Å². The van der Waals surface area contributed by atoms with E-state index in [2.05, 4.69) is 5.32 Å². The van der Waals surface area contributed by atoms with Gasteiger partial charge >= 0.3 is 0 Å². The highest BCUT2D eigenvalue weighted by molar-refractivity contribution is 5.94.